The molecular formula is C31H32Cl2F4N4O6S. The van der Waals surface area contributed by atoms with Crippen molar-refractivity contribution in [1.29, 1.82) is 5.26 Å². The monoisotopic (exact) mass is 734 g/mol. The lowest BCUT2D eigenvalue weighted by Crippen LogP contribution is -2.45. The quantitative estimate of drug-likeness (QED) is 0.109. The van der Waals surface area contributed by atoms with E-state index < -0.39 is 62.2 Å². The lowest BCUT2D eigenvalue weighted by Gasteiger charge is -2.23. The van der Waals surface area contributed by atoms with E-state index in [1.165, 1.54) is 6.07 Å². The fourth-order valence-electron chi connectivity index (χ4n) is 4.14. The van der Waals surface area contributed by atoms with Crippen molar-refractivity contribution < 1.29 is 45.8 Å². The number of hydrogen-bond acceptors (Lipinski definition) is 8. The zero-order valence-corrected chi connectivity index (χ0v) is 27.7. The summed E-state index contributed by atoms with van der Waals surface area (Å²) in [5, 5.41) is 29.8. The molecule has 3 aromatic rings. The van der Waals surface area contributed by atoms with Crippen LogP contribution in [0.4, 0.5) is 28.9 Å². The third-order valence-electron chi connectivity index (χ3n) is 6.62. The molecule has 1 unspecified atom stereocenters. The van der Waals surface area contributed by atoms with Crippen LogP contribution in [0.15, 0.2) is 71.6 Å². The first-order chi connectivity index (χ1) is 22.3. The van der Waals surface area contributed by atoms with E-state index in [1.807, 2.05) is 29.6 Å². The lowest BCUT2D eigenvalue weighted by atomic mass is 10.1. The number of nitrogens with one attached hydrogen (secondary N) is 1. The largest absolute Gasteiger partial charge is 0.480 e. The van der Waals surface area contributed by atoms with Crippen molar-refractivity contribution in [2.24, 2.45) is 5.73 Å². The molecule has 2 atom stereocenters. The molecule has 0 fully saturated rings. The molecule has 0 aliphatic rings. The van der Waals surface area contributed by atoms with Crippen molar-refractivity contribution in [3.8, 4) is 6.07 Å². The van der Waals surface area contributed by atoms with Crippen LogP contribution in [0.5, 0.6) is 0 Å². The van der Waals surface area contributed by atoms with Gasteiger partial charge < -0.3 is 26.2 Å². The van der Waals surface area contributed by atoms with Gasteiger partial charge in [0.15, 0.2) is 15.4 Å². The molecule has 5 N–H and O–H groups in total. The third-order valence-corrected chi connectivity index (χ3v) is 8.89. The van der Waals surface area contributed by atoms with Crippen LogP contribution >= 0.6 is 23.2 Å². The number of carbonyl (C=O) groups excluding carboxylic acids is 1. The first-order valence-corrected chi connectivity index (χ1v) is 16.6. The number of nitrogens with zero attached hydrogens (tertiary/aromatic N) is 2. The summed E-state index contributed by atoms with van der Waals surface area (Å²) in [4.78, 5) is 24.7. The molecule has 17 heteroatoms. The first kappa shape index (κ1) is 40.2. The second-order valence-corrected chi connectivity index (χ2v) is 13.2. The number of amides is 1. The smallest absolute Gasteiger partial charge is 0.417 e. The lowest BCUT2D eigenvalue weighted by molar-refractivity contribution is -0.139. The van der Waals surface area contributed by atoms with Gasteiger partial charge in [-0.25, -0.2) is 12.8 Å². The highest BCUT2D eigenvalue weighted by molar-refractivity contribution is 7.91. The molecule has 0 aliphatic heterocycles. The number of carbonyl (C=O) groups is 2. The van der Waals surface area contributed by atoms with E-state index in [2.05, 4.69) is 4.90 Å². The first-order valence-electron chi connectivity index (χ1n) is 13.9. The topological polar surface area (TPSA) is 174 Å². The number of benzene rings is 3. The van der Waals surface area contributed by atoms with Gasteiger partial charge in [0.25, 0.3) is 5.91 Å². The molecular weight excluding hydrogens is 703 g/mol. The van der Waals surface area contributed by atoms with Gasteiger partial charge in [-0.3, -0.25) is 9.59 Å². The number of aliphatic carboxylic acids is 1. The molecule has 3 aromatic carbocycles. The van der Waals surface area contributed by atoms with E-state index in [4.69, 9.17) is 39.3 Å². The number of nitrogens with two attached hydrogens (primary N) is 1. The van der Waals surface area contributed by atoms with E-state index in [9.17, 15) is 40.7 Å². The number of nitriles is 1. The molecule has 260 valence electrons. The molecule has 0 radical (unpaired) electrons. The summed E-state index contributed by atoms with van der Waals surface area (Å²) in [6.07, 6.45) is -4.54. The predicted octanol–water partition coefficient (Wildman–Crippen LogP) is 4.80. The minimum absolute atomic E-state index is 0.320. The zero-order valence-electron chi connectivity index (χ0n) is 25.3. The van der Waals surface area contributed by atoms with Crippen molar-refractivity contribution in [3.63, 3.8) is 0 Å². The SMILES string of the molecule is CC(O)(CS(=O)(=O)c1ccc(F)cc1)C(=O)Nc1ccc(C#N)c(C(F)(F)F)c1.N[C@@H](Cc1ccc(N(CCCl)CCCl)cc1)C(=O)O. The Bertz CT molecular complexity index is 1700. The zero-order chi connectivity index (χ0) is 36.3. The molecule has 3 rings (SSSR count). The fourth-order valence-corrected chi connectivity index (χ4v) is 6.14. The maximum absolute atomic E-state index is 13.0. The number of aliphatic hydroxyl groups is 1. The van der Waals surface area contributed by atoms with E-state index in [-0.39, 0.29) is 10.6 Å². The number of anilines is 2. The second kappa shape index (κ2) is 17.5. The Labute approximate surface area is 284 Å². The molecule has 0 aromatic heterocycles. The summed E-state index contributed by atoms with van der Waals surface area (Å²) in [5.41, 5.74) is 2.55. The van der Waals surface area contributed by atoms with Gasteiger partial charge in [-0.05, 0) is 73.5 Å². The van der Waals surface area contributed by atoms with E-state index in [0.717, 1.165) is 67.7 Å². The number of sulfone groups is 1. The Morgan fingerprint density at radius 1 is 1.02 bits per heavy atom. The average molecular weight is 736 g/mol. The number of rotatable bonds is 13. The molecule has 0 saturated heterocycles. The number of hydrogen-bond donors (Lipinski definition) is 4. The number of halogens is 6. The highest BCUT2D eigenvalue weighted by Crippen LogP contribution is 2.34. The molecule has 0 bridgehead atoms. The van der Waals surface area contributed by atoms with Gasteiger partial charge in [0, 0.05) is 36.2 Å². The molecule has 0 saturated carbocycles. The molecule has 10 nitrogen and oxygen atoms in total. The minimum Gasteiger partial charge on any atom is -0.480 e. The summed E-state index contributed by atoms with van der Waals surface area (Å²) in [6, 6.07) is 14.2. The molecule has 0 heterocycles. The van der Waals surface area contributed by atoms with Crippen LogP contribution in [0.2, 0.25) is 0 Å². The summed E-state index contributed by atoms with van der Waals surface area (Å²) in [5.74, 6) is -2.99. The second-order valence-electron chi connectivity index (χ2n) is 10.5. The van der Waals surface area contributed by atoms with Crippen LogP contribution in [0.3, 0.4) is 0 Å². The van der Waals surface area contributed by atoms with Gasteiger partial charge in [0.1, 0.15) is 11.9 Å². The third kappa shape index (κ3) is 11.9. The Hall–Kier alpha value is -3.94. The molecule has 0 aliphatic carbocycles. The summed E-state index contributed by atoms with van der Waals surface area (Å²) >= 11 is 11.5. The highest BCUT2D eigenvalue weighted by Gasteiger charge is 2.38. The van der Waals surface area contributed by atoms with Crippen LogP contribution in [0.1, 0.15) is 23.6 Å². The Balaban J connectivity index is 0.000000365. The molecule has 48 heavy (non-hydrogen) atoms. The number of carboxylic acids is 1. The van der Waals surface area contributed by atoms with Gasteiger partial charge in [-0.15, -0.1) is 23.2 Å². The van der Waals surface area contributed by atoms with E-state index >= 15 is 0 Å². The maximum Gasteiger partial charge on any atom is 0.417 e. The van der Waals surface area contributed by atoms with Gasteiger partial charge >= 0.3 is 12.1 Å². The minimum atomic E-state index is -4.86. The standard InChI is InChI=1S/C18H14F4N2O4S.C13H18Cl2N2O2/c1-17(26,10-29(27,28)14-6-3-12(19)4-7-14)16(25)24-13-5-2-11(9-23)15(8-13)18(20,21)22;14-5-7-17(8-6-15)11-3-1-10(2-4-11)9-12(16)13(18)19/h2-8,26H,10H2,1H3,(H,24,25);1-4,12H,5-9,16H2,(H,18,19)/t;12-/m.0/s1. The van der Waals surface area contributed by atoms with E-state index in [1.54, 1.807) is 0 Å². The van der Waals surface area contributed by atoms with E-state index in [0.29, 0.717) is 24.2 Å². The van der Waals surface area contributed by atoms with Crippen LogP contribution in [0, 0.1) is 17.1 Å². The van der Waals surface area contributed by atoms with Crippen LogP contribution in [-0.4, -0.2) is 72.8 Å². The van der Waals surface area contributed by atoms with Crippen LogP contribution in [-0.2, 0) is 32.0 Å². The maximum atomic E-state index is 13.0. The Morgan fingerprint density at radius 3 is 2.06 bits per heavy atom. The van der Waals surface area contributed by atoms with Crippen LogP contribution < -0.4 is 16.0 Å². The van der Waals surface area contributed by atoms with Crippen molar-refractivity contribution in [1.82, 2.24) is 0 Å². The summed E-state index contributed by atoms with van der Waals surface area (Å²) in [7, 11) is -4.21. The number of carboxylic acid groups (broad SMARTS) is 1. The van der Waals surface area contributed by atoms with Gasteiger partial charge in [0.05, 0.1) is 27.8 Å². The number of alkyl halides is 5. The average Bonchev–Trinajstić information content (AvgIpc) is 3.01. The molecule has 1 amide bonds. The van der Waals surface area contributed by atoms with Gasteiger partial charge in [0.2, 0.25) is 0 Å². The van der Waals surface area contributed by atoms with Crippen molar-refractivity contribution >= 4 is 56.3 Å². The normalized spacial score (nSPS) is 13.2. The highest BCUT2D eigenvalue weighted by atomic mass is 35.5. The van der Waals surface area contributed by atoms with Crippen LogP contribution in [0.25, 0.3) is 0 Å². The van der Waals surface area contributed by atoms with Gasteiger partial charge in [-0.1, -0.05) is 12.1 Å². The van der Waals surface area contributed by atoms with Crippen molar-refractivity contribution in [3.05, 3.63) is 89.2 Å². The molecule has 0 spiro atoms. The summed E-state index contributed by atoms with van der Waals surface area (Å²) < 4.78 is 76.6. The van der Waals surface area contributed by atoms with Crippen molar-refractivity contribution in [2.75, 3.05) is 40.8 Å². The summed E-state index contributed by atoms with van der Waals surface area (Å²) in [6.45, 7) is 2.32. The Morgan fingerprint density at radius 2 is 1.58 bits per heavy atom. The van der Waals surface area contributed by atoms with Crippen molar-refractivity contribution in [2.45, 2.75) is 36.1 Å². The predicted molar refractivity (Wildman–Crippen MR) is 173 cm³/mol. The fraction of sp³-hybridized carbons (Fsp3) is 0.323. The Kier molecular flexibility index (Phi) is 14.6. The van der Waals surface area contributed by atoms with Gasteiger partial charge in [-0.2, -0.15) is 18.4 Å².